The summed E-state index contributed by atoms with van der Waals surface area (Å²) in [6.45, 7) is 0. The van der Waals surface area contributed by atoms with E-state index in [9.17, 15) is 17.6 Å². The van der Waals surface area contributed by atoms with E-state index in [1.165, 1.54) is 0 Å². The summed E-state index contributed by atoms with van der Waals surface area (Å²) >= 11 is 0. The zero-order valence-corrected chi connectivity index (χ0v) is 12.6. The number of hydrogen-bond acceptors (Lipinski definition) is 2. The van der Waals surface area contributed by atoms with Gasteiger partial charge in [0.1, 0.15) is 0 Å². The van der Waals surface area contributed by atoms with Gasteiger partial charge in [-0.15, -0.1) is 0 Å². The Morgan fingerprint density at radius 2 is 1.22 bits per heavy atom. The van der Waals surface area contributed by atoms with Gasteiger partial charge in [-0.3, -0.25) is 0 Å². The summed E-state index contributed by atoms with van der Waals surface area (Å²) in [4.78, 5) is 0. The summed E-state index contributed by atoms with van der Waals surface area (Å²) in [6.07, 6.45) is 5.62. The highest BCUT2D eigenvalue weighted by molar-refractivity contribution is 5.36. The number of aromatic hydroxyl groups is 1. The Hall–Kier alpha value is -1.30. The summed E-state index contributed by atoms with van der Waals surface area (Å²) in [5.41, 5.74) is 4.94. The predicted octanol–water partition coefficient (Wildman–Crippen LogP) is 4.16. The fraction of sp³-hybridized carbons (Fsp3) is 0.647. The molecule has 0 radical (unpaired) electrons. The van der Waals surface area contributed by atoms with Gasteiger partial charge in [0.2, 0.25) is 11.6 Å². The minimum absolute atomic E-state index is 0.491. The lowest BCUT2D eigenvalue weighted by Gasteiger charge is -2.59. The van der Waals surface area contributed by atoms with Crippen molar-refractivity contribution in [3.63, 3.8) is 0 Å². The van der Waals surface area contributed by atoms with Gasteiger partial charge in [-0.1, -0.05) is 0 Å². The molecule has 0 spiro atoms. The Labute approximate surface area is 131 Å². The van der Waals surface area contributed by atoms with Crippen LogP contribution in [0.25, 0.3) is 0 Å². The van der Waals surface area contributed by atoms with Crippen LogP contribution in [0.5, 0.6) is 5.75 Å². The van der Waals surface area contributed by atoms with Gasteiger partial charge >= 0.3 is 0 Å². The summed E-state index contributed by atoms with van der Waals surface area (Å²) in [5, 5.41) is 9.14. The van der Waals surface area contributed by atoms with Gasteiger partial charge < -0.3 is 10.8 Å². The van der Waals surface area contributed by atoms with E-state index in [0.717, 1.165) is 38.5 Å². The van der Waals surface area contributed by atoms with E-state index in [1.54, 1.807) is 0 Å². The number of rotatable bonds is 2. The van der Waals surface area contributed by atoms with Crippen molar-refractivity contribution in [2.75, 3.05) is 0 Å². The molecule has 5 rings (SSSR count). The maximum Gasteiger partial charge on any atom is 0.204 e. The fourth-order valence-electron chi connectivity index (χ4n) is 5.77. The van der Waals surface area contributed by atoms with Gasteiger partial charge in [0, 0.05) is 11.6 Å². The highest BCUT2D eigenvalue weighted by atomic mass is 19.2. The second kappa shape index (κ2) is 4.85. The molecule has 6 heteroatoms. The monoisotopic (exact) mass is 329 g/mol. The van der Waals surface area contributed by atoms with E-state index in [1.807, 2.05) is 0 Å². The first-order valence-electron chi connectivity index (χ1n) is 8.13. The average molecular weight is 329 g/mol. The van der Waals surface area contributed by atoms with Crippen molar-refractivity contribution in [2.45, 2.75) is 44.6 Å². The van der Waals surface area contributed by atoms with Crippen LogP contribution >= 0.6 is 0 Å². The van der Waals surface area contributed by atoms with Crippen molar-refractivity contribution in [1.29, 1.82) is 0 Å². The minimum Gasteiger partial charge on any atom is -0.503 e. The first-order chi connectivity index (χ1) is 10.8. The van der Waals surface area contributed by atoms with Crippen LogP contribution in [0.15, 0.2) is 0 Å². The van der Waals surface area contributed by atoms with Gasteiger partial charge in [0.25, 0.3) is 0 Å². The molecule has 3 N–H and O–H groups in total. The van der Waals surface area contributed by atoms with E-state index in [0.29, 0.717) is 17.8 Å². The molecule has 0 heterocycles. The largest absolute Gasteiger partial charge is 0.503 e. The molecule has 4 aliphatic carbocycles. The summed E-state index contributed by atoms with van der Waals surface area (Å²) in [7, 11) is 0. The van der Waals surface area contributed by atoms with Gasteiger partial charge in [-0.25, -0.2) is 8.78 Å². The number of halogens is 4. The quantitative estimate of drug-likeness (QED) is 0.632. The molecule has 2 nitrogen and oxygen atoms in total. The van der Waals surface area contributed by atoms with Crippen molar-refractivity contribution in [3.8, 4) is 5.75 Å². The Bertz CT molecular complexity index is 611. The standard InChI is InChI=1S/C17H19F4NO/c18-11-10(12(19)14(21)15(23)13(11)20)16(22)17-4-7-1-8(5-17)3-9(2-7)6-17/h7-9,16,23H,1-6,22H2. The molecular formula is C17H19F4NO. The average Bonchev–Trinajstić information content (AvgIpc) is 2.50. The van der Waals surface area contributed by atoms with E-state index >= 15 is 0 Å². The molecule has 0 amide bonds. The molecular weight excluding hydrogens is 310 g/mol. The lowest BCUT2D eigenvalue weighted by atomic mass is 9.47. The zero-order valence-electron chi connectivity index (χ0n) is 12.6. The first-order valence-corrected chi connectivity index (χ1v) is 8.13. The Morgan fingerprint density at radius 1 is 0.826 bits per heavy atom. The molecule has 0 saturated heterocycles. The molecule has 4 fully saturated rings. The second-order valence-corrected chi connectivity index (χ2v) is 7.78. The molecule has 1 aromatic carbocycles. The number of phenolic OH excluding ortho intramolecular Hbond substituents is 1. The fourth-order valence-corrected chi connectivity index (χ4v) is 5.77. The third kappa shape index (κ3) is 2.03. The number of nitrogens with two attached hydrogens (primary N) is 1. The normalized spacial score (nSPS) is 36.5. The van der Waals surface area contributed by atoms with Crippen LogP contribution < -0.4 is 5.73 Å². The van der Waals surface area contributed by atoms with E-state index < -0.39 is 46.0 Å². The number of phenols is 1. The van der Waals surface area contributed by atoms with Crippen LogP contribution in [0.2, 0.25) is 0 Å². The summed E-state index contributed by atoms with van der Waals surface area (Å²) in [5.74, 6) is -6.81. The first kappa shape index (κ1) is 15.2. The van der Waals surface area contributed by atoms with Crippen molar-refractivity contribution < 1.29 is 22.7 Å². The number of hydrogen-bond donors (Lipinski definition) is 2. The zero-order chi connectivity index (χ0) is 16.5. The lowest BCUT2D eigenvalue weighted by Crippen LogP contribution is -2.51. The molecule has 126 valence electrons. The maximum absolute atomic E-state index is 14.2. The molecule has 1 atom stereocenters. The van der Waals surface area contributed by atoms with Crippen LogP contribution in [0.3, 0.4) is 0 Å². The molecule has 4 aliphatic rings. The summed E-state index contributed by atoms with van der Waals surface area (Å²) < 4.78 is 55.8. The highest BCUT2D eigenvalue weighted by Gasteiger charge is 2.54. The van der Waals surface area contributed by atoms with Crippen LogP contribution in [0.1, 0.15) is 50.1 Å². The molecule has 4 saturated carbocycles. The second-order valence-electron chi connectivity index (χ2n) is 7.78. The summed E-state index contributed by atoms with van der Waals surface area (Å²) in [6, 6.07) is -1.10. The van der Waals surface area contributed by atoms with E-state index in [-0.39, 0.29) is 0 Å². The van der Waals surface area contributed by atoms with Gasteiger partial charge in [-0.2, -0.15) is 8.78 Å². The minimum atomic E-state index is -1.76. The molecule has 1 unspecified atom stereocenters. The van der Waals surface area contributed by atoms with E-state index in [4.69, 9.17) is 10.8 Å². The van der Waals surface area contributed by atoms with Crippen molar-refractivity contribution >= 4 is 0 Å². The molecule has 1 aromatic rings. The topological polar surface area (TPSA) is 46.2 Å². The third-order valence-corrected chi connectivity index (χ3v) is 6.33. The van der Waals surface area contributed by atoms with Gasteiger partial charge in [0.15, 0.2) is 17.4 Å². The van der Waals surface area contributed by atoms with E-state index in [2.05, 4.69) is 0 Å². The molecule has 23 heavy (non-hydrogen) atoms. The smallest absolute Gasteiger partial charge is 0.204 e. The predicted molar refractivity (Wildman–Crippen MR) is 75.5 cm³/mol. The van der Waals surface area contributed by atoms with Crippen molar-refractivity contribution in [3.05, 3.63) is 28.8 Å². The Balaban J connectivity index is 1.80. The Kier molecular flexibility index (Phi) is 3.21. The molecule has 0 aliphatic heterocycles. The van der Waals surface area contributed by atoms with Crippen molar-refractivity contribution in [1.82, 2.24) is 0 Å². The SMILES string of the molecule is NC(c1c(F)c(F)c(O)c(F)c1F)C12CC3CC(CC(C3)C1)C2. The van der Waals surface area contributed by atoms with Crippen LogP contribution in [-0.2, 0) is 0 Å². The molecule has 4 bridgehead atoms. The van der Waals surface area contributed by atoms with Gasteiger partial charge in [0.05, 0.1) is 0 Å². The third-order valence-electron chi connectivity index (χ3n) is 6.33. The number of benzene rings is 1. The maximum atomic E-state index is 14.2. The van der Waals surface area contributed by atoms with Crippen LogP contribution in [0.4, 0.5) is 17.6 Å². The van der Waals surface area contributed by atoms with Crippen molar-refractivity contribution in [2.24, 2.45) is 28.9 Å². The Morgan fingerprint density at radius 3 is 1.61 bits per heavy atom. The van der Waals surface area contributed by atoms with Gasteiger partial charge in [-0.05, 0) is 61.7 Å². The highest BCUT2D eigenvalue weighted by Crippen LogP contribution is 2.63. The molecule has 0 aromatic heterocycles. The lowest BCUT2D eigenvalue weighted by molar-refractivity contribution is -0.0690. The van der Waals surface area contributed by atoms with Crippen LogP contribution in [0, 0.1) is 46.4 Å². The van der Waals surface area contributed by atoms with Crippen LogP contribution in [-0.4, -0.2) is 5.11 Å².